The molecule has 2 nitrogen and oxygen atoms in total. The van der Waals surface area contributed by atoms with Crippen molar-refractivity contribution in [3.8, 4) is 0 Å². The second kappa shape index (κ2) is 6.09. The minimum atomic E-state index is -0.292. The Bertz CT molecular complexity index is 471. The summed E-state index contributed by atoms with van der Waals surface area (Å²) >= 11 is 6.73. The first-order chi connectivity index (χ1) is 9.06. The quantitative estimate of drug-likeness (QED) is 0.815. The third-order valence-corrected chi connectivity index (χ3v) is 5.46. The Kier molecular flexibility index (Phi) is 4.68. The number of thioether (sulfide) groups is 1. The SMILES string of the molecule is CSC1(CNc2ccc(C(N)=S)cc2F)CCCC1. The Hall–Kier alpha value is -0.810. The fourth-order valence-electron chi connectivity index (χ4n) is 2.54. The van der Waals surface area contributed by atoms with Gasteiger partial charge in [0.25, 0.3) is 0 Å². The van der Waals surface area contributed by atoms with Crippen LogP contribution in [0.2, 0.25) is 0 Å². The Morgan fingerprint density at radius 2 is 2.16 bits per heavy atom. The van der Waals surface area contributed by atoms with E-state index in [1.165, 1.54) is 31.7 Å². The van der Waals surface area contributed by atoms with Gasteiger partial charge in [-0.1, -0.05) is 25.1 Å². The van der Waals surface area contributed by atoms with Gasteiger partial charge in [0.05, 0.1) is 5.69 Å². The molecular formula is C14H19FN2S2. The molecule has 0 aliphatic heterocycles. The normalized spacial score (nSPS) is 17.4. The average Bonchev–Trinajstić information content (AvgIpc) is 2.86. The van der Waals surface area contributed by atoms with Crippen LogP contribution in [0.25, 0.3) is 0 Å². The summed E-state index contributed by atoms with van der Waals surface area (Å²) in [5, 5.41) is 3.23. The van der Waals surface area contributed by atoms with Gasteiger partial charge < -0.3 is 11.1 Å². The summed E-state index contributed by atoms with van der Waals surface area (Å²) in [6.45, 7) is 0.803. The molecule has 2 rings (SSSR count). The predicted octanol–water partition coefficient (Wildman–Crippen LogP) is 3.55. The first-order valence-corrected chi connectivity index (χ1v) is 8.08. The van der Waals surface area contributed by atoms with Crippen LogP contribution in [-0.2, 0) is 0 Å². The molecule has 1 aromatic carbocycles. The van der Waals surface area contributed by atoms with Crippen LogP contribution in [0.4, 0.5) is 10.1 Å². The number of benzene rings is 1. The lowest BCUT2D eigenvalue weighted by molar-refractivity contribution is 0.615. The van der Waals surface area contributed by atoms with E-state index in [0.717, 1.165) is 6.54 Å². The third kappa shape index (κ3) is 3.39. The van der Waals surface area contributed by atoms with Gasteiger partial charge in [-0.25, -0.2) is 4.39 Å². The number of nitrogens with two attached hydrogens (primary N) is 1. The lowest BCUT2D eigenvalue weighted by Gasteiger charge is -2.27. The lowest BCUT2D eigenvalue weighted by Crippen LogP contribution is -2.30. The molecule has 0 atom stereocenters. The average molecular weight is 298 g/mol. The van der Waals surface area contributed by atoms with Crippen LogP contribution in [0.5, 0.6) is 0 Å². The fraction of sp³-hybridized carbons (Fsp3) is 0.500. The second-order valence-electron chi connectivity index (χ2n) is 5.01. The molecule has 0 aromatic heterocycles. The fourth-order valence-corrected chi connectivity index (χ4v) is 3.58. The molecule has 5 heteroatoms. The summed E-state index contributed by atoms with van der Waals surface area (Å²) in [5.41, 5.74) is 6.59. The van der Waals surface area contributed by atoms with Gasteiger partial charge in [-0.05, 0) is 37.3 Å². The Morgan fingerprint density at radius 1 is 1.47 bits per heavy atom. The molecule has 19 heavy (non-hydrogen) atoms. The first kappa shape index (κ1) is 14.6. The van der Waals surface area contributed by atoms with E-state index in [4.69, 9.17) is 18.0 Å². The third-order valence-electron chi connectivity index (χ3n) is 3.80. The highest BCUT2D eigenvalue weighted by Crippen LogP contribution is 2.40. The summed E-state index contributed by atoms with van der Waals surface area (Å²) in [4.78, 5) is 0.224. The summed E-state index contributed by atoms with van der Waals surface area (Å²) in [6, 6.07) is 4.87. The monoisotopic (exact) mass is 298 g/mol. The summed E-state index contributed by atoms with van der Waals surface area (Å²) in [5.74, 6) is -0.292. The van der Waals surface area contributed by atoms with E-state index in [2.05, 4.69) is 11.6 Å². The molecule has 1 saturated carbocycles. The molecule has 0 spiro atoms. The van der Waals surface area contributed by atoms with Crippen molar-refractivity contribution < 1.29 is 4.39 Å². The molecule has 1 aliphatic carbocycles. The van der Waals surface area contributed by atoms with E-state index in [-0.39, 0.29) is 15.6 Å². The zero-order valence-corrected chi connectivity index (χ0v) is 12.7. The van der Waals surface area contributed by atoms with E-state index in [0.29, 0.717) is 11.3 Å². The standard InChI is InChI=1S/C14H19FN2S2/c1-19-14(6-2-3-7-14)9-17-12-5-4-10(13(16)18)8-11(12)15/h4-5,8,17H,2-3,6-7,9H2,1H3,(H2,16,18). The Morgan fingerprint density at radius 3 is 2.68 bits per heavy atom. The molecule has 0 radical (unpaired) electrons. The van der Waals surface area contributed by atoms with Crippen LogP contribution >= 0.6 is 24.0 Å². The highest BCUT2D eigenvalue weighted by Gasteiger charge is 2.32. The van der Waals surface area contributed by atoms with Crippen molar-refractivity contribution in [3.05, 3.63) is 29.6 Å². The molecular weight excluding hydrogens is 279 g/mol. The maximum Gasteiger partial charge on any atom is 0.146 e. The van der Waals surface area contributed by atoms with Crippen molar-refractivity contribution in [1.82, 2.24) is 0 Å². The van der Waals surface area contributed by atoms with Crippen LogP contribution in [0.3, 0.4) is 0 Å². The molecule has 0 heterocycles. The van der Waals surface area contributed by atoms with Crippen molar-refractivity contribution in [2.24, 2.45) is 5.73 Å². The summed E-state index contributed by atoms with van der Waals surface area (Å²) in [6.07, 6.45) is 7.08. The number of nitrogens with one attached hydrogen (secondary N) is 1. The van der Waals surface area contributed by atoms with Gasteiger partial charge in [-0.3, -0.25) is 0 Å². The minimum absolute atomic E-state index is 0.224. The molecule has 1 aromatic rings. The molecule has 0 amide bonds. The van der Waals surface area contributed by atoms with Gasteiger partial charge in [0.2, 0.25) is 0 Å². The van der Waals surface area contributed by atoms with E-state index in [1.807, 2.05) is 11.8 Å². The van der Waals surface area contributed by atoms with Gasteiger partial charge in [-0.15, -0.1) is 0 Å². The second-order valence-corrected chi connectivity index (χ2v) is 6.72. The van der Waals surface area contributed by atoms with Crippen molar-refractivity contribution >= 4 is 34.7 Å². The topological polar surface area (TPSA) is 38.0 Å². The molecule has 0 unspecified atom stereocenters. The number of hydrogen-bond acceptors (Lipinski definition) is 3. The zero-order chi connectivity index (χ0) is 13.9. The van der Waals surface area contributed by atoms with Crippen LogP contribution in [-0.4, -0.2) is 22.5 Å². The van der Waals surface area contributed by atoms with Crippen LogP contribution < -0.4 is 11.1 Å². The highest BCUT2D eigenvalue weighted by molar-refractivity contribution is 8.00. The van der Waals surface area contributed by atoms with E-state index < -0.39 is 0 Å². The maximum atomic E-state index is 13.9. The van der Waals surface area contributed by atoms with Gasteiger partial charge >= 0.3 is 0 Å². The Labute approximate surface area is 123 Å². The highest BCUT2D eigenvalue weighted by atomic mass is 32.2. The number of thiocarbonyl (C=S) groups is 1. The van der Waals surface area contributed by atoms with E-state index >= 15 is 0 Å². The van der Waals surface area contributed by atoms with Crippen molar-refractivity contribution in [2.75, 3.05) is 18.1 Å². The van der Waals surface area contributed by atoms with Crippen molar-refractivity contribution in [1.29, 1.82) is 0 Å². The molecule has 104 valence electrons. The molecule has 0 bridgehead atoms. The van der Waals surface area contributed by atoms with E-state index in [1.54, 1.807) is 12.1 Å². The smallest absolute Gasteiger partial charge is 0.146 e. The Balaban J connectivity index is 2.05. The zero-order valence-electron chi connectivity index (χ0n) is 11.0. The van der Waals surface area contributed by atoms with Gasteiger partial charge in [0.1, 0.15) is 10.8 Å². The number of halogens is 1. The number of rotatable bonds is 5. The van der Waals surface area contributed by atoms with Crippen molar-refractivity contribution in [3.63, 3.8) is 0 Å². The predicted molar refractivity (Wildman–Crippen MR) is 85.5 cm³/mol. The molecule has 3 N–H and O–H groups in total. The largest absolute Gasteiger partial charge is 0.389 e. The minimum Gasteiger partial charge on any atom is -0.389 e. The molecule has 1 fully saturated rings. The van der Waals surface area contributed by atoms with Crippen LogP contribution in [0.1, 0.15) is 31.2 Å². The van der Waals surface area contributed by atoms with Gasteiger partial charge in [0, 0.05) is 16.9 Å². The molecule has 1 aliphatic rings. The van der Waals surface area contributed by atoms with Crippen LogP contribution in [0, 0.1) is 5.82 Å². The van der Waals surface area contributed by atoms with Gasteiger partial charge in [-0.2, -0.15) is 11.8 Å². The van der Waals surface area contributed by atoms with Crippen LogP contribution in [0.15, 0.2) is 18.2 Å². The van der Waals surface area contributed by atoms with Crippen molar-refractivity contribution in [2.45, 2.75) is 30.4 Å². The summed E-state index contributed by atoms with van der Waals surface area (Å²) < 4.78 is 14.2. The number of anilines is 1. The summed E-state index contributed by atoms with van der Waals surface area (Å²) in [7, 11) is 0. The van der Waals surface area contributed by atoms with Gasteiger partial charge in [0.15, 0.2) is 0 Å². The van der Waals surface area contributed by atoms with E-state index in [9.17, 15) is 4.39 Å². The first-order valence-electron chi connectivity index (χ1n) is 6.45. The number of hydrogen-bond donors (Lipinski definition) is 2. The maximum absolute atomic E-state index is 13.9. The molecule has 0 saturated heterocycles. The lowest BCUT2D eigenvalue weighted by atomic mass is 10.1.